The van der Waals surface area contributed by atoms with Gasteiger partial charge in [-0.1, -0.05) is 13.8 Å². The molecule has 0 aliphatic rings. The molecule has 7 heteroatoms. The van der Waals surface area contributed by atoms with Crippen LogP contribution in [-0.2, 0) is 9.53 Å². The Balaban J connectivity index is 3.06. The molecule has 0 saturated carbocycles. The molecule has 1 aromatic rings. The summed E-state index contributed by atoms with van der Waals surface area (Å²) in [5.41, 5.74) is 0.316. The second-order valence-electron chi connectivity index (χ2n) is 4.95. The molecule has 1 rings (SSSR count). The minimum absolute atomic E-state index is 0.113. The molecule has 0 aliphatic carbocycles. The molecule has 0 aromatic heterocycles. The predicted molar refractivity (Wildman–Crippen MR) is 76.7 cm³/mol. The van der Waals surface area contributed by atoms with Gasteiger partial charge in [0, 0.05) is 12.1 Å². The van der Waals surface area contributed by atoms with Gasteiger partial charge in [-0.15, -0.1) is 0 Å². The van der Waals surface area contributed by atoms with E-state index in [1.165, 1.54) is 25.3 Å². The number of nitro benzene ring substituents is 1. The van der Waals surface area contributed by atoms with E-state index in [4.69, 9.17) is 10.00 Å². The first-order valence-electron chi connectivity index (χ1n) is 6.42. The fourth-order valence-electron chi connectivity index (χ4n) is 1.88. The van der Waals surface area contributed by atoms with Crippen LogP contribution in [0.4, 0.5) is 11.4 Å². The minimum atomic E-state index is -0.608. The standard InChI is InChI=1S/C14H17N3O4/c1-9(2)6-13(14(18)21-3)16-12-5-4-11(17(19)20)7-10(12)8-15/h4-5,7,9,13,16H,6H2,1-3H3. The molecule has 1 unspecified atom stereocenters. The molecule has 1 atom stereocenters. The van der Waals surface area contributed by atoms with Crippen LogP contribution in [0.5, 0.6) is 0 Å². The van der Waals surface area contributed by atoms with Crippen LogP contribution in [-0.4, -0.2) is 24.0 Å². The van der Waals surface area contributed by atoms with Gasteiger partial charge in [-0.05, 0) is 18.4 Å². The van der Waals surface area contributed by atoms with E-state index in [1.807, 2.05) is 19.9 Å². The summed E-state index contributed by atoms with van der Waals surface area (Å²) < 4.78 is 4.73. The van der Waals surface area contributed by atoms with Crippen LogP contribution in [0.2, 0.25) is 0 Å². The highest BCUT2D eigenvalue weighted by Gasteiger charge is 2.22. The van der Waals surface area contributed by atoms with E-state index in [1.54, 1.807) is 0 Å². The fraction of sp³-hybridized carbons (Fsp3) is 0.429. The van der Waals surface area contributed by atoms with E-state index in [-0.39, 0.29) is 17.2 Å². The number of hydrogen-bond acceptors (Lipinski definition) is 6. The number of rotatable bonds is 6. The van der Waals surface area contributed by atoms with Crippen LogP contribution in [0.3, 0.4) is 0 Å². The number of nitro groups is 1. The summed E-state index contributed by atoms with van der Waals surface area (Å²) in [5, 5.41) is 22.7. The minimum Gasteiger partial charge on any atom is -0.467 e. The molecule has 0 amide bonds. The fourth-order valence-corrected chi connectivity index (χ4v) is 1.88. The van der Waals surface area contributed by atoms with Crippen LogP contribution >= 0.6 is 0 Å². The number of nitrogens with one attached hydrogen (secondary N) is 1. The van der Waals surface area contributed by atoms with Crippen molar-refractivity contribution in [1.82, 2.24) is 0 Å². The Labute approximate surface area is 122 Å². The zero-order valence-corrected chi connectivity index (χ0v) is 12.1. The van der Waals surface area contributed by atoms with Gasteiger partial charge in [-0.25, -0.2) is 4.79 Å². The summed E-state index contributed by atoms with van der Waals surface area (Å²) in [6.45, 7) is 3.91. The maximum absolute atomic E-state index is 11.8. The van der Waals surface area contributed by atoms with Crippen molar-refractivity contribution in [3.05, 3.63) is 33.9 Å². The third-order valence-corrected chi connectivity index (χ3v) is 2.86. The van der Waals surface area contributed by atoms with Crippen LogP contribution in [0.25, 0.3) is 0 Å². The largest absolute Gasteiger partial charge is 0.467 e. The lowest BCUT2D eigenvalue weighted by Gasteiger charge is -2.20. The summed E-state index contributed by atoms with van der Waals surface area (Å²) in [6, 6.07) is 5.16. The number of carbonyl (C=O) groups is 1. The van der Waals surface area contributed by atoms with E-state index in [2.05, 4.69) is 5.32 Å². The van der Waals surface area contributed by atoms with Crippen molar-refractivity contribution in [2.75, 3.05) is 12.4 Å². The molecule has 0 aliphatic heterocycles. The Morgan fingerprint density at radius 3 is 2.67 bits per heavy atom. The number of carbonyl (C=O) groups excluding carboxylic acids is 1. The van der Waals surface area contributed by atoms with Gasteiger partial charge in [0.15, 0.2) is 0 Å². The molecule has 0 fully saturated rings. The first-order valence-corrected chi connectivity index (χ1v) is 6.42. The quantitative estimate of drug-likeness (QED) is 0.490. The van der Waals surface area contributed by atoms with Gasteiger partial charge in [0.1, 0.15) is 12.1 Å². The molecule has 0 heterocycles. The smallest absolute Gasteiger partial charge is 0.328 e. The molecule has 0 spiro atoms. The number of benzene rings is 1. The van der Waals surface area contributed by atoms with Crippen LogP contribution in [0, 0.1) is 27.4 Å². The van der Waals surface area contributed by atoms with Gasteiger partial charge in [0.25, 0.3) is 5.69 Å². The van der Waals surface area contributed by atoms with E-state index in [0.29, 0.717) is 12.1 Å². The summed E-state index contributed by atoms with van der Waals surface area (Å²) in [6.07, 6.45) is 0.522. The van der Waals surface area contributed by atoms with E-state index < -0.39 is 16.9 Å². The average molecular weight is 291 g/mol. The first-order chi connectivity index (χ1) is 9.88. The normalized spacial score (nSPS) is 11.6. The highest BCUT2D eigenvalue weighted by molar-refractivity contribution is 5.80. The van der Waals surface area contributed by atoms with E-state index in [9.17, 15) is 14.9 Å². The van der Waals surface area contributed by atoms with Crippen molar-refractivity contribution in [3.63, 3.8) is 0 Å². The van der Waals surface area contributed by atoms with Crippen molar-refractivity contribution in [1.29, 1.82) is 5.26 Å². The lowest BCUT2D eigenvalue weighted by molar-refractivity contribution is -0.384. The Morgan fingerprint density at radius 1 is 1.52 bits per heavy atom. The van der Waals surface area contributed by atoms with E-state index >= 15 is 0 Å². The Bertz CT molecular complexity index is 578. The SMILES string of the molecule is COC(=O)C(CC(C)C)Nc1ccc([N+](=O)[O-])cc1C#N. The summed E-state index contributed by atoms with van der Waals surface area (Å²) in [7, 11) is 1.29. The van der Waals surface area contributed by atoms with Crippen molar-refractivity contribution in [2.45, 2.75) is 26.3 Å². The molecule has 1 aromatic carbocycles. The van der Waals surface area contributed by atoms with Gasteiger partial charge in [0.05, 0.1) is 23.3 Å². The Kier molecular flexibility index (Phi) is 5.67. The third kappa shape index (κ3) is 4.45. The van der Waals surface area contributed by atoms with Crippen molar-refractivity contribution < 1.29 is 14.5 Å². The summed E-state index contributed by atoms with van der Waals surface area (Å²) in [5.74, 6) is -0.198. The van der Waals surface area contributed by atoms with Gasteiger partial charge in [-0.3, -0.25) is 10.1 Å². The second kappa shape index (κ2) is 7.24. The molecule has 7 nitrogen and oxygen atoms in total. The number of methoxy groups -OCH3 is 1. The molecular formula is C14H17N3O4. The maximum atomic E-state index is 11.8. The first kappa shape index (κ1) is 16.4. The van der Waals surface area contributed by atoms with Crippen molar-refractivity contribution >= 4 is 17.3 Å². The second-order valence-corrected chi connectivity index (χ2v) is 4.95. The van der Waals surface area contributed by atoms with Crippen molar-refractivity contribution in [2.24, 2.45) is 5.92 Å². The summed E-state index contributed by atoms with van der Waals surface area (Å²) >= 11 is 0. The number of non-ortho nitro benzene ring substituents is 1. The monoisotopic (exact) mass is 291 g/mol. The lowest BCUT2D eigenvalue weighted by Crippen LogP contribution is -2.32. The molecule has 0 radical (unpaired) electrons. The number of nitrogens with zero attached hydrogens (tertiary/aromatic N) is 2. The maximum Gasteiger partial charge on any atom is 0.328 e. The zero-order chi connectivity index (χ0) is 16.0. The third-order valence-electron chi connectivity index (χ3n) is 2.86. The molecule has 21 heavy (non-hydrogen) atoms. The molecule has 112 valence electrons. The number of nitriles is 1. The van der Waals surface area contributed by atoms with Crippen LogP contribution in [0.1, 0.15) is 25.8 Å². The number of ether oxygens (including phenoxy) is 1. The zero-order valence-electron chi connectivity index (χ0n) is 12.1. The van der Waals surface area contributed by atoms with Crippen LogP contribution in [0.15, 0.2) is 18.2 Å². The van der Waals surface area contributed by atoms with Gasteiger partial charge >= 0.3 is 5.97 Å². The highest BCUT2D eigenvalue weighted by atomic mass is 16.6. The average Bonchev–Trinajstić information content (AvgIpc) is 2.45. The summed E-state index contributed by atoms with van der Waals surface area (Å²) in [4.78, 5) is 21.9. The number of anilines is 1. The molecule has 1 N–H and O–H groups in total. The van der Waals surface area contributed by atoms with E-state index in [0.717, 1.165) is 0 Å². The predicted octanol–water partition coefficient (Wildman–Crippen LogP) is 2.47. The topological polar surface area (TPSA) is 105 Å². The molecule has 0 saturated heterocycles. The highest BCUT2D eigenvalue weighted by Crippen LogP contribution is 2.23. The van der Waals surface area contributed by atoms with Crippen LogP contribution < -0.4 is 5.32 Å². The molecule has 0 bridgehead atoms. The van der Waals surface area contributed by atoms with Crippen molar-refractivity contribution in [3.8, 4) is 6.07 Å². The Hall–Kier alpha value is -2.62. The molecular weight excluding hydrogens is 274 g/mol. The lowest BCUT2D eigenvalue weighted by atomic mass is 10.0. The van der Waals surface area contributed by atoms with Gasteiger partial charge in [0.2, 0.25) is 0 Å². The Morgan fingerprint density at radius 2 is 2.19 bits per heavy atom. The van der Waals surface area contributed by atoms with Gasteiger partial charge in [-0.2, -0.15) is 5.26 Å². The number of esters is 1. The van der Waals surface area contributed by atoms with Gasteiger partial charge < -0.3 is 10.1 Å². The number of hydrogen-bond donors (Lipinski definition) is 1.